The first-order valence-electron chi connectivity index (χ1n) is 16.3. The fourth-order valence-electron chi connectivity index (χ4n) is 6.56. The van der Waals surface area contributed by atoms with Crippen molar-refractivity contribution in [3.63, 3.8) is 0 Å². The summed E-state index contributed by atoms with van der Waals surface area (Å²) in [6, 6.07) is 22.2. The van der Waals surface area contributed by atoms with E-state index in [2.05, 4.69) is 103 Å². The number of H-pyrrole nitrogens is 1. The van der Waals surface area contributed by atoms with Gasteiger partial charge in [0.2, 0.25) is 0 Å². The fraction of sp³-hybridized carbons (Fsp3) is 0.595. The Bertz CT molecular complexity index is 993. The first-order valence-corrected chi connectivity index (χ1v) is 16.3. The Labute approximate surface area is 240 Å². The van der Waals surface area contributed by atoms with Crippen LogP contribution in [0.15, 0.2) is 73.1 Å². The second kappa shape index (κ2) is 18.1. The van der Waals surface area contributed by atoms with Gasteiger partial charge in [0.15, 0.2) is 0 Å². The van der Waals surface area contributed by atoms with Gasteiger partial charge in [0.25, 0.3) is 5.82 Å². The maximum Gasteiger partial charge on any atom is 0.258 e. The molecule has 2 nitrogen and oxygen atoms in total. The third-order valence-electron chi connectivity index (χ3n) is 8.90. The maximum absolute atomic E-state index is 3.68. The third kappa shape index (κ3) is 10.3. The predicted molar refractivity (Wildman–Crippen MR) is 168 cm³/mol. The average molecular weight is 530 g/mol. The van der Waals surface area contributed by atoms with Crippen molar-refractivity contribution >= 4 is 0 Å². The number of hydrogen-bond acceptors (Lipinski definition) is 0. The summed E-state index contributed by atoms with van der Waals surface area (Å²) in [5, 5.41) is 0. The van der Waals surface area contributed by atoms with Crippen molar-refractivity contribution in [3.05, 3.63) is 90.0 Å². The number of aryl methyl sites for hydroxylation is 1. The van der Waals surface area contributed by atoms with Crippen molar-refractivity contribution in [1.29, 1.82) is 0 Å². The minimum atomic E-state index is 0.0134. The molecule has 0 saturated heterocycles. The van der Waals surface area contributed by atoms with Gasteiger partial charge in [-0.1, -0.05) is 158 Å². The molecule has 0 fully saturated rings. The van der Waals surface area contributed by atoms with Crippen LogP contribution in [-0.4, -0.2) is 4.98 Å². The van der Waals surface area contributed by atoms with Gasteiger partial charge in [-0.2, -0.15) is 0 Å². The number of nitrogens with one attached hydrogen (secondary N) is 1. The van der Waals surface area contributed by atoms with Gasteiger partial charge in [0, 0.05) is 5.41 Å². The van der Waals surface area contributed by atoms with Crippen LogP contribution >= 0.6 is 0 Å². The van der Waals surface area contributed by atoms with E-state index in [9.17, 15) is 0 Å². The first-order chi connectivity index (χ1) is 19.2. The van der Waals surface area contributed by atoms with Crippen LogP contribution in [0.25, 0.3) is 0 Å². The molecule has 0 saturated carbocycles. The molecule has 214 valence electrons. The number of rotatable bonds is 21. The van der Waals surface area contributed by atoms with Crippen molar-refractivity contribution in [2.24, 2.45) is 0 Å². The second-order valence-corrected chi connectivity index (χ2v) is 12.0. The molecular weight excluding hydrogens is 472 g/mol. The standard InChI is InChI=1S/C37H56N2/c1-4-6-7-8-9-10-11-12-13-14-15-16-17-24-30-39-31-29-38-36(39)35(5-2)37(3,34-27-22-19-23-28-34)32-33-25-20-18-21-26-33/h18-23,25-29,31,35H,4-17,24,30,32H2,1-3H3/p+1. The van der Waals surface area contributed by atoms with Crippen LogP contribution < -0.4 is 4.57 Å². The normalized spacial score (nSPS) is 13.8. The average Bonchev–Trinajstić information content (AvgIpc) is 3.42. The maximum atomic E-state index is 3.68. The molecule has 3 aromatic rings. The summed E-state index contributed by atoms with van der Waals surface area (Å²) in [5.41, 5.74) is 2.85. The number of aromatic nitrogens is 2. The van der Waals surface area contributed by atoms with Crippen LogP contribution in [0.4, 0.5) is 0 Å². The van der Waals surface area contributed by atoms with Crippen molar-refractivity contribution in [2.45, 2.75) is 141 Å². The molecule has 0 amide bonds. The number of nitrogens with zero attached hydrogens (tertiary/aromatic N) is 1. The Morgan fingerprint density at radius 3 is 1.72 bits per heavy atom. The van der Waals surface area contributed by atoms with Crippen LogP contribution in [0.5, 0.6) is 0 Å². The van der Waals surface area contributed by atoms with Gasteiger partial charge in [-0.05, 0) is 36.8 Å². The van der Waals surface area contributed by atoms with E-state index in [1.807, 2.05) is 0 Å². The SMILES string of the molecule is CCCCCCCCCCCCCCCC[n+]1cc[nH]c1C(CC)C(C)(Cc1ccccc1)c1ccccc1. The molecule has 0 bridgehead atoms. The molecule has 2 heteroatoms. The summed E-state index contributed by atoms with van der Waals surface area (Å²) in [6.07, 6.45) is 26.3. The number of aromatic amines is 1. The lowest BCUT2D eigenvalue weighted by atomic mass is 9.66. The smallest absolute Gasteiger partial charge is 0.247 e. The zero-order valence-electron chi connectivity index (χ0n) is 25.5. The molecule has 2 aromatic carbocycles. The largest absolute Gasteiger partial charge is 0.258 e. The van der Waals surface area contributed by atoms with Crippen LogP contribution in [0.1, 0.15) is 140 Å². The fourth-order valence-corrected chi connectivity index (χ4v) is 6.56. The van der Waals surface area contributed by atoms with E-state index in [4.69, 9.17) is 0 Å². The molecule has 0 radical (unpaired) electrons. The molecule has 0 aliphatic rings. The lowest BCUT2D eigenvalue weighted by Crippen LogP contribution is -2.43. The van der Waals surface area contributed by atoms with E-state index in [0.717, 1.165) is 19.4 Å². The Hall–Kier alpha value is -2.35. The lowest BCUT2D eigenvalue weighted by molar-refractivity contribution is -0.705. The Kier molecular flexibility index (Phi) is 14.5. The van der Waals surface area contributed by atoms with Crippen LogP contribution in [-0.2, 0) is 18.4 Å². The Morgan fingerprint density at radius 2 is 1.18 bits per heavy atom. The quantitative estimate of drug-likeness (QED) is 0.105. The number of benzene rings is 2. The molecular formula is C37H57N2+. The second-order valence-electron chi connectivity index (χ2n) is 12.0. The van der Waals surface area contributed by atoms with Gasteiger partial charge in [0.05, 0.1) is 12.5 Å². The highest BCUT2D eigenvalue weighted by Crippen LogP contribution is 2.42. The summed E-state index contributed by atoms with van der Waals surface area (Å²) in [7, 11) is 0. The highest BCUT2D eigenvalue weighted by molar-refractivity contribution is 5.32. The minimum absolute atomic E-state index is 0.0134. The van der Waals surface area contributed by atoms with Crippen molar-refractivity contribution in [3.8, 4) is 0 Å². The van der Waals surface area contributed by atoms with Crippen molar-refractivity contribution in [1.82, 2.24) is 4.98 Å². The summed E-state index contributed by atoms with van der Waals surface area (Å²) in [6.45, 7) is 8.24. The van der Waals surface area contributed by atoms with Gasteiger partial charge in [-0.15, -0.1) is 0 Å². The molecule has 1 heterocycles. The van der Waals surface area contributed by atoms with E-state index in [1.165, 1.54) is 107 Å². The summed E-state index contributed by atoms with van der Waals surface area (Å²) in [5.74, 6) is 1.80. The van der Waals surface area contributed by atoms with E-state index < -0.39 is 0 Å². The molecule has 0 aliphatic carbocycles. The molecule has 2 atom stereocenters. The van der Waals surface area contributed by atoms with Gasteiger partial charge in [-0.3, -0.25) is 0 Å². The number of unbranched alkanes of at least 4 members (excludes halogenated alkanes) is 13. The van der Waals surface area contributed by atoms with Crippen molar-refractivity contribution in [2.75, 3.05) is 0 Å². The summed E-state index contributed by atoms with van der Waals surface area (Å²) < 4.78 is 2.51. The van der Waals surface area contributed by atoms with E-state index in [-0.39, 0.29) is 5.41 Å². The number of imidazole rings is 1. The zero-order valence-corrected chi connectivity index (χ0v) is 25.5. The van der Waals surface area contributed by atoms with Gasteiger partial charge < -0.3 is 0 Å². The third-order valence-corrected chi connectivity index (χ3v) is 8.90. The monoisotopic (exact) mass is 529 g/mol. The lowest BCUT2D eigenvalue weighted by Gasteiger charge is -2.36. The minimum Gasteiger partial charge on any atom is -0.247 e. The van der Waals surface area contributed by atoms with E-state index in [1.54, 1.807) is 0 Å². The van der Waals surface area contributed by atoms with Gasteiger partial charge in [-0.25, -0.2) is 9.55 Å². The topological polar surface area (TPSA) is 19.7 Å². The summed E-state index contributed by atoms with van der Waals surface area (Å²) >= 11 is 0. The van der Waals surface area contributed by atoms with Crippen LogP contribution in [0.3, 0.4) is 0 Å². The van der Waals surface area contributed by atoms with E-state index in [0.29, 0.717) is 5.92 Å². The highest BCUT2D eigenvalue weighted by atomic mass is 15.1. The highest BCUT2D eigenvalue weighted by Gasteiger charge is 2.41. The Balaban J connectivity index is 1.47. The van der Waals surface area contributed by atoms with E-state index >= 15 is 0 Å². The van der Waals surface area contributed by atoms with Crippen molar-refractivity contribution < 1.29 is 4.57 Å². The molecule has 0 spiro atoms. The molecule has 1 aromatic heterocycles. The summed E-state index contributed by atoms with van der Waals surface area (Å²) in [4.78, 5) is 3.68. The predicted octanol–water partition coefficient (Wildman–Crippen LogP) is 10.5. The molecule has 3 rings (SSSR count). The van der Waals surface area contributed by atoms with Crippen LogP contribution in [0, 0.1) is 0 Å². The van der Waals surface area contributed by atoms with Gasteiger partial charge in [0.1, 0.15) is 12.4 Å². The van der Waals surface area contributed by atoms with Gasteiger partial charge >= 0.3 is 0 Å². The number of hydrogen-bond donors (Lipinski definition) is 1. The molecule has 0 aliphatic heterocycles. The molecule has 39 heavy (non-hydrogen) atoms. The molecule has 2 unspecified atom stereocenters. The zero-order chi connectivity index (χ0) is 27.6. The molecule has 1 N–H and O–H groups in total. The first kappa shape index (κ1) is 31.2. The Morgan fingerprint density at radius 1 is 0.667 bits per heavy atom. The van der Waals surface area contributed by atoms with Crippen LogP contribution in [0.2, 0.25) is 0 Å².